The van der Waals surface area contributed by atoms with Gasteiger partial charge in [-0.2, -0.15) is 0 Å². The van der Waals surface area contributed by atoms with Crippen LogP contribution in [0.15, 0.2) is 4.79 Å². The van der Waals surface area contributed by atoms with E-state index in [1.807, 2.05) is 11.5 Å². The number of hydrogen-bond donors (Lipinski definition) is 2. The van der Waals surface area contributed by atoms with Crippen molar-refractivity contribution in [1.29, 1.82) is 0 Å². The molecule has 0 radical (unpaired) electrons. The molecule has 2 aromatic heterocycles. The molecular formula is C18H24N4O2S. The third-order valence-corrected chi connectivity index (χ3v) is 6.56. The van der Waals surface area contributed by atoms with Gasteiger partial charge in [0, 0.05) is 25.6 Å². The van der Waals surface area contributed by atoms with Gasteiger partial charge in [-0.25, -0.2) is 4.98 Å². The van der Waals surface area contributed by atoms with Crippen molar-refractivity contribution >= 4 is 27.5 Å². The lowest BCUT2D eigenvalue weighted by atomic mass is 10.1. The van der Waals surface area contributed by atoms with E-state index >= 15 is 0 Å². The SMILES string of the molecule is Cc1c(C(=O)NC(CN)C2CC2)sc2nc3n(c(=O)c12)CCCCC3. The molecule has 1 saturated carbocycles. The highest BCUT2D eigenvalue weighted by Gasteiger charge is 2.32. The van der Waals surface area contributed by atoms with E-state index < -0.39 is 0 Å². The quantitative estimate of drug-likeness (QED) is 0.872. The van der Waals surface area contributed by atoms with E-state index in [1.54, 1.807) is 0 Å². The Labute approximate surface area is 150 Å². The molecule has 1 aliphatic heterocycles. The van der Waals surface area contributed by atoms with Crippen LogP contribution >= 0.6 is 11.3 Å². The van der Waals surface area contributed by atoms with Crippen LogP contribution in [0.4, 0.5) is 0 Å². The molecule has 4 rings (SSSR count). The molecular weight excluding hydrogens is 336 g/mol. The number of carbonyl (C=O) groups is 1. The zero-order valence-corrected chi connectivity index (χ0v) is 15.3. The summed E-state index contributed by atoms with van der Waals surface area (Å²) in [5.74, 6) is 1.24. The van der Waals surface area contributed by atoms with Gasteiger partial charge in [0.15, 0.2) is 0 Å². The first-order chi connectivity index (χ1) is 12.1. The van der Waals surface area contributed by atoms with Gasteiger partial charge in [-0.3, -0.25) is 14.2 Å². The first-order valence-electron chi connectivity index (χ1n) is 9.14. The molecule has 0 aromatic carbocycles. The van der Waals surface area contributed by atoms with Gasteiger partial charge in [-0.1, -0.05) is 6.42 Å². The third-order valence-electron chi connectivity index (χ3n) is 5.38. The standard InChI is InChI=1S/C18H24N4O2S/c1-10-14-17(21-13-5-3-2-4-8-22(13)18(14)24)25-15(10)16(23)20-12(9-19)11-6-7-11/h11-12H,2-9,19H2,1H3,(H,20,23). The second kappa shape index (κ2) is 6.53. The number of aromatic nitrogens is 2. The second-order valence-corrected chi connectivity index (χ2v) is 8.18. The summed E-state index contributed by atoms with van der Waals surface area (Å²) in [5, 5.41) is 3.66. The lowest BCUT2D eigenvalue weighted by molar-refractivity contribution is 0.0937. The average Bonchev–Trinajstić information content (AvgIpc) is 3.40. The van der Waals surface area contributed by atoms with Gasteiger partial charge in [-0.15, -0.1) is 11.3 Å². The highest BCUT2D eigenvalue weighted by molar-refractivity contribution is 7.20. The molecule has 1 amide bonds. The number of hydrogen-bond acceptors (Lipinski definition) is 5. The summed E-state index contributed by atoms with van der Waals surface area (Å²) in [6.07, 6.45) is 6.29. The van der Waals surface area contributed by atoms with Crippen molar-refractivity contribution < 1.29 is 4.79 Å². The van der Waals surface area contributed by atoms with Crippen molar-refractivity contribution in [1.82, 2.24) is 14.9 Å². The molecule has 25 heavy (non-hydrogen) atoms. The number of fused-ring (bicyclic) bond motifs is 2. The van der Waals surface area contributed by atoms with E-state index in [2.05, 4.69) is 5.32 Å². The van der Waals surface area contributed by atoms with Crippen LogP contribution in [0.5, 0.6) is 0 Å². The zero-order chi connectivity index (χ0) is 17.6. The molecule has 1 aliphatic carbocycles. The molecule has 1 fully saturated rings. The Bertz CT molecular complexity index is 881. The largest absolute Gasteiger partial charge is 0.347 e. The Morgan fingerprint density at radius 2 is 2.20 bits per heavy atom. The molecule has 1 atom stereocenters. The third kappa shape index (κ3) is 3.00. The molecule has 3 N–H and O–H groups in total. The van der Waals surface area contributed by atoms with E-state index in [0.29, 0.717) is 27.6 Å². The summed E-state index contributed by atoms with van der Waals surface area (Å²) in [6, 6.07) is 0.0305. The fraction of sp³-hybridized carbons (Fsp3) is 0.611. The predicted molar refractivity (Wildman–Crippen MR) is 99.2 cm³/mol. The normalized spacial score (nSPS) is 18.6. The van der Waals surface area contributed by atoms with E-state index in [4.69, 9.17) is 10.7 Å². The van der Waals surface area contributed by atoms with Crippen LogP contribution in [0.3, 0.4) is 0 Å². The smallest absolute Gasteiger partial charge is 0.262 e. The van der Waals surface area contributed by atoms with Gasteiger partial charge in [-0.05, 0) is 44.1 Å². The van der Waals surface area contributed by atoms with Crippen LogP contribution in [0.25, 0.3) is 10.2 Å². The number of nitrogens with one attached hydrogen (secondary N) is 1. The Kier molecular flexibility index (Phi) is 4.37. The summed E-state index contributed by atoms with van der Waals surface area (Å²) in [6.45, 7) is 3.04. The summed E-state index contributed by atoms with van der Waals surface area (Å²) in [5.41, 5.74) is 6.56. The van der Waals surface area contributed by atoms with E-state index in [-0.39, 0.29) is 17.5 Å². The summed E-state index contributed by atoms with van der Waals surface area (Å²) < 4.78 is 1.81. The van der Waals surface area contributed by atoms with E-state index in [9.17, 15) is 9.59 Å². The molecule has 0 spiro atoms. The molecule has 1 unspecified atom stereocenters. The van der Waals surface area contributed by atoms with Gasteiger partial charge < -0.3 is 11.1 Å². The van der Waals surface area contributed by atoms with Crippen molar-refractivity contribution in [2.45, 2.75) is 58.0 Å². The fourth-order valence-electron chi connectivity index (χ4n) is 3.73. The molecule has 3 heterocycles. The fourth-order valence-corrected chi connectivity index (χ4v) is 4.82. The molecule has 0 bridgehead atoms. The van der Waals surface area contributed by atoms with Gasteiger partial charge in [0.05, 0.1) is 10.3 Å². The number of carbonyl (C=O) groups excluding carboxylic acids is 1. The maximum Gasteiger partial charge on any atom is 0.262 e. The lowest BCUT2D eigenvalue weighted by Gasteiger charge is -2.15. The van der Waals surface area contributed by atoms with Gasteiger partial charge >= 0.3 is 0 Å². The van der Waals surface area contributed by atoms with Gasteiger partial charge in [0.25, 0.3) is 11.5 Å². The molecule has 0 saturated heterocycles. The number of amides is 1. The minimum absolute atomic E-state index is 0.00673. The Hall–Kier alpha value is -1.73. The molecule has 7 heteroatoms. The van der Waals surface area contributed by atoms with Crippen molar-refractivity contribution in [2.75, 3.05) is 6.54 Å². The Morgan fingerprint density at radius 3 is 2.92 bits per heavy atom. The summed E-state index contributed by atoms with van der Waals surface area (Å²) >= 11 is 1.33. The Balaban J connectivity index is 1.73. The summed E-state index contributed by atoms with van der Waals surface area (Å²) in [4.78, 5) is 31.7. The van der Waals surface area contributed by atoms with E-state index in [0.717, 1.165) is 56.5 Å². The highest BCUT2D eigenvalue weighted by atomic mass is 32.1. The van der Waals surface area contributed by atoms with Crippen molar-refractivity contribution in [3.8, 4) is 0 Å². The maximum absolute atomic E-state index is 13.0. The van der Waals surface area contributed by atoms with Crippen LogP contribution in [0.1, 0.15) is 53.2 Å². The van der Waals surface area contributed by atoms with Crippen LogP contribution in [-0.2, 0) is 13.0 Å². The highest BCUT2D eigenvalue weighted by Crippen LogP contribution is 2.33. The van der Waals surface area contributed by atoms with Gasteiger partial charge in [0.2, 0.25) is 0 Å². The topological polar surface area (TPSA) is 90.0 Å². The van der Waals surface area contributed by atoms with Crippen LogP contribution in [0, 0.1) is 12.8 Å². The van der Waals surface area contributed by atoms with Gasteiger partial charge in [0.1, 0.15) is 10.7 Å². The van der Waals surface area contributed by atoms with Crippen LogP contribution < -0.4 is 16.6 Å². The average molecular weight is 360 g/mol. The van der Waals surface area contributed by atoms with E-state index in [1.165, 1.54) is 11.3 Å². The van der Waals surface area contributed by atoms with Crippen molar-refractivity contribution in [3.05, 3.63) is 26.6 Å². The predicted octanol–water partition coefficient (Wildman–Crippen LogP) is 1.96. The molecule has 134 valence electrons. The van der Waals surface area contributed by atoms with Crippen molar-refractivity contribution in [3.63, 3.8) is 0 Å². The molecule has 6 nitrogen and oxygen atoms in total. The maximum atomic E-state index is 13.0. The number of nitrogens with zero attached hydrogens (tertiary/aromatic N) is 2. The van der Waals surface area contributed by atoms with Crippen LogP contribution in [0.2, 0.25) is 0 Å². The molecule has 2 aromatic rings. The minimum Gasteiger partial charge on any atom is -0.347 e. The van der Waals surface area contributed by atoms with Crippen LogP contribution in [-0.4, -0.2) is 28.0 Å². The number of thiophene rings is 1. The zero-order valence-electron chi connectivity index (χ0n) is 14.5. The monoisotopic (exact) mass is 360 g/mol. The molecule has 2 aliphatic rings. The first-order valence-corrected chi connectivity index (χ1v) is 9.95. The number of nitrogens with two attached hydrogens (primary N) is 1. The first kappa shape index (κ1) is 16.7. The lowest BCUT2D eigenvalue weighted by Crippen LogP contribution is -2.41. The number of aryl methyl sites for hydroxylation is 2. The summed E-state index contributed by atoms with van der Waals surface area (Å²) in [7, 11) is 0. The second-order valence-electron chi connectivity index (χ2n) is 7.18. The Morgan fingerprint density at radius 1 is 1.40 bits per heavy atom. The minimum atomic E-state index is -0.123. The number of rotatable bonds is 4. The van der Waals surface area contributed by atoms with Crippen molar-refractivity contribution in [2.24, 2.45) is 11.7 Å².